The summed E-state index contributed by atoms with van der Waals surface area (Å²) < 4.78 is 34.5. The fraction of sp³-hybridized carbons (Fsp3) is 0.550. The van der Waals surface area contributed by atoms with E-state index in [2.05, 4.69) is 22.0 Å². The Morgan fingerprint density at radius 1 is 1.21 bits per heavy atom. The predicted octanol–water partition coefficient (Wildman–Crippen LogP) is 2.11. The number of likely N-dealkylation sites (tertiary alicyclic amines) is 1. The molecule has 2 aromatic rings. The lowest BCUT2D eigenvalue weighted by molar-refractivity contribution is 0.0934. The lowest BCUT2D eigenvalue weighted by Gasteiger charge is -2.40. The maximum atomic E-state index is 12.9. The molecule has 2 aliphatic rings. The van der Waals surface area contributed by atoms with Gasteiger partial charge < -0.3 is 9.30 Å². The highest BCUT2D eigenvalue weighted by Gasteiger charge is 2.45. The summed E-state index contributed by atoms with van der Waals surface area (Å²) >= 11 is 0. The van der Waals surface area contributed by atoms with Crippen molar-refractivity contribution in [2.24, 2.45) is 12.5 Å². The molecule has 1 unspecified atom stereocenters. The van der Waals surface area contributed by atoms with Crippen LogP contribution in [-0.2, 0) is 23.6 Å². The second kappa shape index (κ2) is 7.50. The van der Waals surface area contributed by atoms with Gasteiger partial charge in [0.1, 0.15) is 5.75 Å². The molecular weight excluding hydrogens is 376 g/mol. The molecule has 2 fully saturated rings. The number of rotatable bonds is 5. The fourth-order valence-electron chi connectivity index (χ4n) is 4.56. The highest BCUT2D eigenvalue weighted by Crippen LogP contribution is 2.41. The number of piperidine rings is 1. The second-order valence-electron chi connectivity index (χ2n) is 8.13. The molecule has 0 saturated carbocycles. The van der Waals surface area contributed by atoms with E-state index in [1.807, 2.05) is 12.1 Å². The van der Waals surface area contributed by atoms with E-state index >= 15 is 0 Å². The third kappa shape index (κ3) is 3.81. The van der Waals surface area contributed by atoms with Crippen molar-refractivity contribution in [3.05, 3.63) is 42.4 Å². The van der Waals surface area contributed by atoms with Gasteiger partial charge in [-0.05, 0) is 48.9 Å². The summed E-state index contributed by atoms with van der Waals surface area (Å²) in [5.74, 6) is 0.873. The van der Waals surface area contributed by atoms with Crippen LogP contribution in [0.3, 0.4) is 0 Å². The summed E-state index contributed by atoms with van der Waals surface area (Å²) in [6.45, 7) is 4.00. The summed E-state index contributed by atoms with van der Waals surface area (Å²) in [5, 5.41) is 0.149. The van der Waals surface area contributed by atoms with Crippen LogP contribution in [0.2, 0.25) is 0 Å². The van der Waals surface area contributed by atoms with Crippen molar-refractivity contribution in [2.75, 3.05) is 33.3 Å². The van der Waals surface area contributed by atoms with Crippen LogP contribution in [0.15, 0.2) is 41.8 Å². The highest BCUT2D eigenvalue weighted by atomic mass is 32.2. The van der Waals surface area contributed by atoms with Crippen molar-refractivity contribution in [2.45, 2.75) is 30.8 Å². The minimum absolute atomic E-state index is 0.0406. The molecule has 1 aromatic carbocycles. The summed E-state index contributed by atoms with van der Waals surface area (Å²) in [6, 6.07) is 8.17. The van der Waals surface area contributed by atoms with Crippen LogP contribution in [0.25, 0.3) is 0 Å². The zero-order valence-electron chi connectivity index (χ0n) is 16.5. The summed E-state index contributed by atoms with van der Waals surface area (Å²) in [7, 11) is -0.0408. The molecule has 152 valence electrons. The smallest absolute Gasteiger partial charge is 0.262 e. The van der Waals surface area contributed by atoms with Crippen LogP contribution >= 0.6 is 0 Å². The van der Waals surface area contributed by atoms with Gasteiger partial charge in [0.2, 0.25) is 0 Å². The predicted molar refractivity (Wildman–Crippen MR) is 107 cm³/mol. The number of methoxy groups -OCH3 is 1. The number of ether oxygens (including phenoxy) is 1. The van der Waals surface area contributed by atoms with Crippen LogP contribution in [0.5, 0.6) is 5.75 Å². The number of aryl methyl sites for hydroxylation is 1. The van der Waals surface area contributed by atoms with Gasteiger partial charge in [-0.1, -0.05) is 12.1 Å². The molecule has 0 aliphatic carbocycles. The SMILES string of the molecule is COc1cccc(CN2CCCC3(CCN(S(=O)(=O)c4cn(C)cn4)C3)C2)c1. The Bertz CT molecular complexity index is 942. The number of benzene rings is 1. The van der Waals surface area contributed by atoms with E-state index in [1.54, 1.807) is 29.2 Å². The van der Waals surface area contributed by atoms with Crippen LogP contribution in [-0.4, -0.2) is 60.5 Å². The van der Waals surface area contributed by atoms with Crippen LogP contribution in [0.4, 0.5) is 0 Å². The molecule has 2 saturated heterocycles. The molecule has 2 aliphatic heterocycles. The third-order valence-electron chi connectivity index (χ3n) is 5.97. The highest BCUT2D eigenvalue weighted by molar-refractivity contribution is 7.89. The molecule has 0 N–H and O–H groups in total. The molecule has 7 nitrogen and oxygen atoms in total. The summed E-state index contributed by atoms with van der Waals surface area (Å²) in [5.41, 5.74) is 1.27. The monoisotopic (exact) mass is 404 g/mol. The average Bonchev–Trinajstić information content (AvgIpc) is 3.29. The lowest BCUT2D eigenvalue weighted by Crippen LogP contribution is -2.45. The first-order valence-corrected chi connectivity index (χ1v) is 11.2. The molecule has 0 radical (unpaired) electrons. The standard InChI is InChI=1S/C20H28N4O3S/c1-22-13-19(21-16-22)28(25,26)24-10-8-20(15-24)7-4-9-23(14-20)12-17-5-3-6-18(11-17)27-2/h3,5-6,11,13,16H,4,7-10,12,14-15H2,1-2H3. The third-order valence-corrected chi connectivity index (χ3v) is 7.70. The van der Waals surface area contributed by atoms with E-state index in [-0.39, 0.29) is 10.4 Å². The van der Waals surface area contributed by atoms with E-state index in [4.69, 9.17) is 4.74 Å². The van der Waals surface area contributed by atoms with Gasteiger partial charge in [-0.2, -0.15) is 4.31 Å². The minimum Gasteiger partial charge on any atom is -0.497 e. The van der Waals surface area contributed by atoms with Gasteiger partial charge in [0.15, 0.2) is 5.03 Å². The van der Waals surface area contributed by atoms with E-state index in [9.17, 15) is 8.42 Å². The quantitative estimate of drug-likeness (QED) is 0.764. The van der Waals surface area contributed by atoms with E-state index in [0.717, 1.165) is 44.6 Å². The van der Waals surface area contributed by atoms with Gasteiger partial charge >= 0.3 is 0 Å². The number of sulfonamides is 1. The molecule has 28 heavy (non-hydrogen) atoms. The second-order valence-corrected chi connectivity index (χ2v) is 10.0. The normalized spacial score (nSPS) is 24.1. The number of hydrogen-bond donors (Lipinski definition) is 0. The van der Waals surface area contributed by atoms with Crippen molar-refractivity contribution < 1.29 is 13.2 Å². The Hall–Kier alpha value is -1.90. The molecular formula is C20H28N4O3S. The molecule has 1 aromatic heterocycles. The number of hydrogen-bond acceptors (Lipinski definition) is 5. The maximum Gasteiger partial charge on any atom is 0.262 e. The van der Waals surface area contributed by atoms with Gasteiger partial charge in [0, 0.05) is 39.4 Å². The Morgan fingerprint density at radius 3 is 2.82 bits per heavy atom. The van der Waals surface area contributed by atoms with Crippen molar-refractivity contribution in [1.82, 2.24) is 18.8 Å². The number of aromatic nitrogens is 2. The first kappa shape index (κ1) is 19.4. The van der Waals surface area contributed by atoms with E-state index in [0.29, 0.717) is 13.1 Å². The molecule has 8 heteroatoms. The fourth-order valence-corrected chi connectivity index (χ4v) is 6.08. The van der Waals surface area contributed by atoms with Crippen molar-refractivity contribution in [1.29, 1.82) is 0 Å². The topological polar surface area (TPSA) is 67.7 Å². The van der Waals surface area contributed by atoms with Crippen molar-refractivity contribution in [3.63, 3.8) is 0 Å². The molecule has 0 bridgehead atoms. The first-order valence-electron chi connectivity index (χ1n) is 9.74. The van der Waals surface area contributed by atoms with Crippen LogP contribution < -0.4 is 4.74 Å². The Morgan fingerprint density at radius 2 is 2.07 bits per heavy atom. The van der Waals surface area contributed by atoms with E-state index < -0.39 is 10.0 Å². The van der Waals surface area contributed by atoms with Gasteiger partial charge in [0.25, 0.3) is 10.0 Å². The Balaban J connectivity index is 1.45. The van der Waals surface area contributed by atoms with Crippen LogP contribution in [0, 0.1) is 5.41 Å². The summed E-state index contributed by atoms with van der Waals surface area (Å²) in [4.78, 5) is 6.52. The minimum atomic E-state index is -3.51. The van der Waals surface area contributed by atoms with Gasteiger partial charge in [0.05, 0.1) is 13.4 Å². The van der Waals surface area contributed by atoms with Gasteiger partial charge in [-0.3, -0.25) is 4.90 Å². The molecule has 0 amide bonds. The molecule has 1 atom stereocenters. The molecule has 3 heterocycles. The largest absolute Gasteiger partial charge is 0.497 e. The molecule has 1 spiro atoms. The zero-order chi connectivity index (χ0) is 19.8. The Labute approximate surface area is 167 Å². The van der Waals surface area contributed by atoms with Crippen molar-refractivity contribution in [3.8, 4) is 5.75 Å². The van der Waals surface area contributed by atoms with E-state index in [1.165, 1.54) is 11.9 Å². The average molecular weight is 405 g/mol. The van der Waals surface area contributed by atoms with Crippen molar-refractivity contribution >= 4 is 10.0 Å². The van der Waals surface area contributed by atoms with Crippen LogP contribution in [0.1, 0.15) is 24.8 Å². The van der Waals surface area contributed by atoms with Gasteiger partial charge in [-0.25, -0.2) is 13.4 Å². The lowest BCUT2D eigenvalue weighted by atomic mass is 9.79. The maximum absolute atomic E-state index is 12.9. The zero-order valence-corrected chi connectivity index (χ0v) is 17.4. The first-order chi connectivity index (χ1) is 13.4. The Kier molecular flexibility index (Phi) is 5.20. The molecule has 4 rings (SSSR count). The number of imidazole rings is 1. The number of nitrogens with zero attached hydrogens (tertiary/aromatic N) is 4. The summed E-state index contributed by atoms with van der Waals surface area (Å²) in [6.07, 6.45) is 6.20. The van der Waals surface area contributed by atoms with Gasteiger partial charge in [-0.15, -0.1) is 0 Å².